The lowest BCUT2D eigenvalue weighted by molar-refractivity contribution is -0.109. The van der Waals surface area contributed by atoms with Crippen LogP contribution in [0.3, 0.4) is 0 Å². The molecule has 1 aliphatic carbocycles. The Morgan fingerprint density at radius 3 is 3.00 bits per heavy atom. The molecule has 16 heavy (non-hydrogen) atoms. The fourth-order valence-electron chi connectivity index (χ4n) is 1.98. The van der Waals surface area contributed by atoms with Crippen LogP contribution in [0.4, 0.5) is 0 Å². The summed E-state index contributed by atoms with van der Waals surface area (Å²) in [5, 5.41) is 15.2. The highest BCUT2D eigenvalue weighted by Gasteiger charge is 2.24. The number of nitrogens with one attached hydrogen (secondary N) is 2. The molecule has 2 unspecified atom stereocenters. The average molecular weight is 220 g/mol. The zero-order chi connectivity index (χ0) is 11.4. The fourth-order valence-corrected chi connectivity index (χ4v) is 1.98. The second-order valence-electron chi connectivity index (χ2n) is 4.04. The topological polar surface area (TPSA) is 61.4 Å². The first-order valence-corrected chi connectivity index (χ1v) is 5.47. The van der Waals surface area contributed by atoms with Gasteiger partial charge in [-0.3, -0.25) is 4.79 Å². The van der Waals surface area contributed by atoms with Crippen LogP contribution < -0.4 is 10.6 Å². The van der Waals surface area contributed by atoms with E-state index < -0.39 is 6.10 Å². The largest absolute Gasteiger partial charge is 0.390 e. The van der Waals surface area contributed by atoms with Gasteiger partial charge in [0.1, 0.15) is 0 Å². The molecule has 4 nitrogen and oxygen atoms in total. The van der Waals surface area contributed by atoms with Crippen molar-refractivity contribution >= 4 is 6.41 Å². The van der Waals surface area contributed by atoms with E-state index in [4.69, 9.17) is 0 Å². The normalized spacial score (nSPS) is 19.4. The summed E-state index contributed by atoms with van der Waals surface area (Å²) in [5.41, 5.74) is 2.69. The molecule has 86 valence electrons. The van der Waals surface area contributed by atoms with Gasteiger partial charge in [-0.25, -0.2) is 0 Å². The van der Waals surface area contributed by atoms with E-state index in [0.717, 1.165) is 6.42 Å². The van der Waals surface area contributed by atoms with Crippen LogP contribution in [0.1, 0.15) is 17.2 Å². The van der Waals surface area contributed by atoms with E-state index >= 15 is 0 Å². The minimum atomic E-state index is -0.530. The molecule has 0 heterocycles. The second-order valence-corrected chi connectivity index (χ2v) is 4.04. The van der Waals surface area contributed by atoms with Crippen molar-refractivity contribution in [2.75, 3.05) is 13.1 Å². The van der Waals surface area contributed by atoms with Crippen molar-refractivity contribution in [1.82, 2.24) is 10.6 Å². The smallest absolute Gasteiger partial charge is 0.207 e. The first kappa shape index (κ1) is 11.1. The van der Waals surface area contributed by atoms with E-state index in [2.05, 4.69) is 22.8 Å². The molecule has 0 aromatic heterocycles. The number of carbonyl (C=O) groups excluding carboxylic acids is 1. The Hall–Kier alpha value is -1.39. The summed E-state index contributed by atoms with van der Waals surface area (Å²) in [7, 11) is 0. The molecule has 2 atom stereocenters. The molecule has 0 bridgehead atoms. The molecule has 1 amide bonds. The zero-order valence-corrected chi connectivity index (χ0v) is 9.02. The quantitative estimate of drug-likeness (QED) is 0.590. The molecule has 0 radical (unpaired) electrons. The van der Waals surface area contributed by atoms with Gasteiger partial charge in [0.2, 0.25) is 6.41 Å². The van der Waals surface area contributed by atoms with Crippen LogP contribution in [0.25, 0.3) is 0 Å². The number of aliphatic hydroxyl groups is 1. The molecule has 0 aliphatic heterocycles. The van der Waals surface area contributed by atoms with Crippen LogP contribution in [0.2, 0.25) is 0 Å². The van der Waals surface area contributed by atoms with Gasteiger partial charge < -0.3 is 15.7 Å². The van der Waals surface area contributed by atoms with Gasteiger partial charge in [-0.15, -0.1) is 0 Å². The molecule has 1 aromatic rings. The number of fused-ring (bicyclic) bond motifs is 1. The molecular formula is C12H16N2O2. The maximum Gasteiger partial charge on any atom is 0.207 e. The first-order chi connectivity index (χ1) is 7.81. The Bertz CT molecular complexity index is 368. The zero-order valence-electron chi connectivity index (χ0n) is 9.02. The molecule has 0 fully saturated rings. The van der Waals surface area contributed by atoms with Gasteiger partial charge in [-0.1, -0.05) is 24.3 Å². The Kier molecular flexibility index (Phi) is 3.54. The Balaban J connectivity index is 1.75. The summed E-state index contributed by atoms with van der Waals surface area (Å²) in [5.74, 6) is 0. The van der Waals surface area contributed by atoms with E-state index in [1.807, 2.05) is 12.1 Å². The Morgan fingerprint density at radius 1 is 1.44 bits per heavy atom. The van der Waals surface area contributed by atoms with Gasteiger partial charge in [0.15, 0.2) is 0 Å². The van der Waals surface area contributed by atoms with E-state index in [1.165, 1.54) is 11.1 Å². The lowest BCUT2D eigenvalue weighted by Crippen LogP contribution is -2.39. The highest BCUT2D eigenvalue weighted by atomic mass is 16.3. The number of carbonyl (C=O) groups is 1. The van der Waals surface area contributed by atoms with Gasteiger partial charge in [-0.2, -0.15) is 0 Å². The Labute approximate surface area is 94.7 Å². The van der Waals surface area contributed by atoms with Crippen LogP contribution in [-0.2, 0) is 11.2 Å². The molecule has 4 heteroatoms. The SMILES string of the molecule is O=CNCC(O)CNC1Cc2ccccc21. The number of hydrogen-bond acceptors (Lipinski definition) is 3. The van der Waals surface area contributed by atoms with Crippen molar-refractivity contribution in [3.8, 4) is 0 Å². The fraction of sp³-hybridized carbons (Fsp3) is 0.417. The van der Waals surface area contributed by atoms with Crippen molar-refractivity contribution in [3.05, 3.63) is 35.4 Å². The number of aliphatic hydroxyl groups excluding tert-OH is 1. The minimum absolute atomic E-state index is 0.296. The summed E-state index contributed by atoms with van der Waals surface area (Å²) in [6.07, 6.45) is 1.09. The number of rotatable bonds is 6. The van der Waals surface area contributed by atoms with Crippen molar-refractivity contribution in [1.29, 1.82) is 0 Å². The summed E-state index contributed by atoms with van der Waals surface area (Å²) in [6, 6.07) is 8.64. The highest BCUT2D eigenvalue weighted by Crippen LogP contribution is 2.32. The van der Waals surface area contributed by atoms with Gasteiger partial charge in [0.05, 0.1) is 6.10 Å². The van der Waals surface area contributed by atoms with Gasteiger partial charge in [0.25, 0.3) is 0 Å². The molecular weight excluding hydrogens is 204 g/mol. The first-order valence-electron chi connectivity index (χ1n) is 5.47. The van der Waals surface area contributed by atoms with Gasteiger partial charge in [0, 0.05) is 19.1 Å². The third-order valence-corrected chi connectivity index (χ3v) is 2.89. The lowest BCUT2D eigenvalue weighted by Gasteiger charge is -2.31. The van der Waals surface area contributed by atoms with E-state index in [9.17, 15) is 9.90 Å². The second kappa shape index (κ2) is 5.09. The van der Waals surface area contributed by atoms with Crippen molar-refractivity contribution in [2.24, 2.45) is 0 Å². The number of amides is 1. The van der Waals surface area contributed by atoms with Gasteiger partial charge in [-0.05, 0) is 17.5 Å². The third-order valence-electron chi connectivity index (χ3n) is 2.89. The van der Waals surface area contributed by atoms with Crippen molar-refractivity contribution < 1.29 is 9.90 Å². The molecule has 3 N–H and O–H groups in total. The lowest BCUT2D eigenvalue weighted by atomic mass is 9.83. The third kappa shape index (κ3) is 2.40. The summed E-state index contributed by atoms with van der Waals surface area (Å²) in [6.45, 7) is 0.796. The average Bonchev–Trinajstić information content (AvgIpc) is 2.27. The molecule has 2 rings (SSSR count). The van der Waals surface area contributed by atoms with E-state index in [-0.39, 0.29) is 0 Å². The van der Waals surface area contributed by atoms with Crippen LogP contribution in [-0.4, -0.2) is 30.7 Å². The number of benzene rings is 1. The maximum atomic E-state index is 10.0. The van der Waals surface area contributed by atoms with E-state index in [1.54, 1.807) is 0 Å². The highest BCUT2D eigenvalue weighted by molar-refractivity contribution is 5.45. The molecule has 0 saturated heterocycles. The van der Waals surface area contributed by atoms with E-state index in [0.29, 0.717) is 25.5 Å². The standard InChI is InChI=1S/C12H16N2O2/c15-8-13-6-10(16)7-14-12-5-9-3-1-2-4-11(9)12/h1-4,8,10,12,14,16H,5-7H2,(H,13,15). The monoisotopic (exact) mass is 220 g/mol. The molecule has 1 aromatic carbocycles. The van der Waals surface area contributed by atoms with Gasteiger partial charge >= 0.3 is 0 Å². The van der Waals surface area contributed by atoms with Crippen molar-refractivity contribution in [3.63, 3.8) is 0 Å². The Morgan fingerprint density at radius 2 is 2.25 bits per heavy atom. The summed E-state index contributed by atoms with van der Waals surface area (Å²) < 4.78 is 0. The summed E-state index contributed by atoms with van der Waals surface area (Å²) >= 11 is 0. The molecule has 0 spiro atoms. The van der Waals surface area contributed by atoms with Crippen LogP contribution in [0.15, 0.2) is 24.3 Å². The molecule has 1 aliphatic rings. The molecule has 0 saturated carbocycles. The predicted octanol–water partition coefficient (Wildman–Crippen LogP) is -0.0197. The number of hydrogen-bond donors (Lipinski definition) is 3. The van der Waals surface area contributed by atoms with Crippen LogP contribution in [0.5, 0.6) is 0 Å². The predicted molar refractivity (Wildman–Crippen MR) is 61.0 cm³/mol. The minimum Gasteiger partial charge on any atom is -0.390 e. The van der Waals surface area contributed by atoms with Crippen LogP contribution in [0, 0.1) is 0 Å². The van der Waals surface area contributed by atoms with Crippen molar-refractivity contribution in [2.45, 2.75) is 18.6 Å². The summed E-state index contributed by atoms with van der Waals surface area (Å²) in [4.78, 5) is 10.0. The maximum absolute atomic E-state index is 10.0. The van der Waals surface area contributed by atoms with Crippen LogP contribution >= 0.6 is 0 Å².